The largest absolute Gasteiger partial charge is 0.355 e. The molecule has 62 valence electrons. The third-order valence-corrected chi connectivity index (χ3v) is 1.29. The highest BCUT2D eigenvalue weighted by atomic mass is 16.3. The number of hydrogen-bond donors (Lipinski definition) is 3. The third-order valence-electron chi connectivity index (χ3n) is 1.29. The highest BCUT2D eigenvalue weighted by molar-refractivity contribution is 6.01. The van der Waals surface area contributed by atoms with Gasteiger partial charge >= 0.3 is 0 Å². The van der Waals surface area contributed by atoms with Crippen molar-refractivity contribution < 1.29 is 9.90 Å². The van der Waals surface area contributed by atoms with Crippen LogP contribution in [0, 0.1) is 0 Å². The Labute approximate surface area is 63.7 Å². The maximum absolute atomic E-state index is 10.8. The maximum Gasteiger partial charge on any atom is 0.231 e. The number of hydrogen-bond acceptors (Lipinski definition) is 5. The van der Waals surface area contributed by atoms with Gasteiger partial charge in [0, 0.05) is 7.05 Å². The van der Waals surface area contributed by atoms with Crippen molar-refractivity contribution in [1.82, 2.24) is 10.3 Å². The lowest BCUT2D eigenvalue weighted by molar-refractivity contribution is -0.123. The lowest BCUT2D eigenvalue weighted by atomic mass is 10.3. The SMILES string of the molecule is CN(N)C1=NC(O)NC(=O)C1. The molecule has 1 atom stereocenters. The average molecular weight is 158 g/mol. The molecule has 0 aromatic heterocycles. The molecule has 4 N–H and O–H groups in total. The van der Waals surface area contributed by atoms with E-state index in [9.17, 15) is 4.79 Å². The molecule has 1 aliphatic heterocycles. The fourth-order valence-corrected chi connectivity index (χ4v) is 0.773. The van der Waals surface area contributed by atoms with Gasteiger partial charge in [0.25, 0.3) is 0 Å². The summed E-state index contributed by atoms with van der Waals surface area (Å²) in [6, 6.07) is 0. The molecule has 0 saturated heterocycles. The first kappa shape index (κ1) is 7.96. The predicted octanol–water partition coefficient (Wildman–Crippen LogP) is -2.01. The number of amidine groups is 1. The Hall–Kier alpha value is -1.14. The molecule has 1 unspecified atom stereocenters. The molecule has 1 heterocycles. The lowest BCUT2D eigenvalue weighted by Gasteiger charge is -2.21. The number of carbonyl (C=O) groups is 1. The van der Waals surface area contributed by atoms with E-state index in [1.54, 1.807) is 7.05 Å². The van der Waals surface area contributed by atoms with Gasteiger partial charge in [0.05, 0.1) is 6.42 Å². The van der Waals surface area contributed by atoms with Crippen LogP contribution >= 0.6 is 0 Å². The Bertz CT molecular complexity index is 201. The van der Waals surface area contributed by atoms with Gasteiger partial charge in [0.15, 0.2) is 0 Å². The van der Waals surface area contributed by atoms with Gasteiger partial charge < -0.3 is 15.4 Å². The van der Waals surface area contributed by atoms with E-state index < -0.39 is 6.35 Å². The summed E-state index contributed by atoms with van der Waals surface area (Å²) in [5.41, 5.74) is 0. The molecule has 0 spiro atoms. The van der Waals surface area contributed by atoms with E-state index in [4.69, 9.17) is 10.9 Å². The number of aliphatic imine (C=N–C) groups is 1. The summed E-state index contributed by atoms with van der Waals surface area (Å²) in [7, 11) is 1.56. The zero-order valence-electron chi connectivity index (χ0n) is 6.11. The summed E-state index contributed by atoms with van der Waals surface area (Å²) in [4.78, 5) is 14.4. The molecule has 0 aromatic rings. The lowest BCUT2D eigenvalue weighted by Crippen LogP contribution is -2.46. The van der Waals surface area contributed by atoms with Crippen LogP contribution < -0.4 is 11.2 Å². The molecular weight excluding hydrogens is 148 g/mol. The van der Waals surface area contributed by atoms with Gasteiger partial charge in [-0.1, -0.05) is 0 Å². The van der Waals surface area contributed by atoms with Gasteiger partial charge in [-0.05, 0) is 0 Å². The van der Waals surface area contributed by atoms with Crippen molar-refractivity contribution in [2.75, 3.05) is 7.05 Å². The van der Waals surface area contributed by atoms with E-state index in [-0.39, 0.29) is 12.3 Å². The molecule has 1 amide bonds. The third kappa shape index (κ3) is 1.89. The zero-order chi connectivity index (χ0) is 8.43. The van der Waals surface area contributed by atoms with Crippen LogP contribution in [0.25, 0.3) is 0 Å². The number of nitrogens with zero attached hydrogens (tertiary/aromatic N) is 2. The molecule has 0 radical (unpaired) electrons. The van der Waals surface area contributed by atoms with Crippen molar-refractivity contribution in [1.29, 1.82) is 0 Å². The number of aliphatic hydroxyl groups excluding tert-OH is 1. The Morgan fingerprint density at radius 2 is 2.55 bits per heavy atom. The standard InChI is InChI=1S/C5H10N4O2/c1-9(6)3-2-4(10)8-5(11)7-3/h5,11H,2,6H2,1H3,(H,8,10). The molecule has 11 heavy (non-hydrogen) atoms. The molecule has 1 aliphatic rings. The fourth-order valence-electron chi connectivity index (χ4n) is 0.773. The number of hydrazine groups is 1. The second kappa shape index (κ2) is 2.85. The van der Waals surface area contributed by atoms with Crippen molar-refractivity contribution in [3.05, 3.63) is 0 Å². The van der Waals surface area contributed by atoms with Crippen LogP contribution in [0.1, 0.15) is 6.42 Å². The highest BCUT2D eigenvalue weighted by Gasteiger charge is 2.19. The smallest absolute Gasteiger partial charge is 0.231 e. The normalized spacial score (nSPS) is 24.1. The second-order valence-electron chi connectivity index (χ2n) is 2.27. The van der Waals surface area contributed by atoms with Crippen molar-refractivity contribution in [2.45, 2.75) is 12.8 Å². The molecule has 6 heteroatoms. The van der Waals surface area contributed by atoms with Crippen molar-refractivity contribution in [2.24, 2.45) is 10.8 Å². The summed E-state index contributed by atoms with van der Waals surface area (Å²) >= 11 is 0. The minimum atomic E-state index is -1.16. The monoisotopic (exact) mass is 158 g/mol. The first-order valence-corrected chi connectivity index (χ1v) is 3.12. The van der Waals surface area contributed by atoms with E-state index in [2.05, 4.69) is 10.3 Å². The van der Waals surface area contributed by atoms with Crippen LogP contribution in [-0.4, -0.2) is 35.3 Å². The summed E-state index contributed by atoms with van der Waals surface area (Å²) in [6.07, 6.45) is -1.04. The molecule has 0 fully saturated rings. The van der Waals surface area contributed by atoms with Crippen molar-refractivity contribution in [3.8, 4) is 0 Å². The van der Waals surface area contributed by atoms with Gasteiger partial charge in [-0.25, -0.2) is 10.8 Å². The Morgan fingerprint density at radius 1 is 1.91 bits per heavy atom. The van der Waals surface area contributed by atoms with E-state index >= 15 is 0 Å². The highest BCUT2D eigenvalue weighted by Crippen LogP contribution is 1.98. The summed E-state index contributed by atoms with van der Waals surface area (Å²) < 4.78 is 0. The van der Waals surface area contributed by atoms with Crippen LogP contribution in [0.5, 0.6) is 0 Å². The predicted molar refractivity (Wildman–Crippen MR) is 38.2 cm³/mol. The molecule has 6 nitrogen and oxygen atoms in total. The number of nitrogens with two attached hydrogens (primary N) is 1. The van der Waals surface area contributed by atoms with Gasteiger partial charge in [-0.3, -0.25) is 4.79 Å². The van der Waals surface area contributed by atoms with Gasteiger partial charge in [0.1, 0.15) is 5.84 Å². The maximum atomic E-state index is 10.8. The first-order chi connectivity index (χ1) is 5.09. The number of aliphatic hydroxyl groups is 1. The minimum absolute atomic E-state index is 0.115. The van der Waals surface area contributed by atoms with E-state index in [1.807, 2.05) is 0 Å². The molecule has 0 aliphatic carbocycles. The van der Waals surface area contributed by atoms with E-state index in [0.29, 0.717) is 5.84 Å². The molecule has 0 aromatic carbocycles. The van der Waals surface area contributed by atoms with Crippen LogP contribution in [0.15, 0.2) is 4.99 Å². The summed E-state index contributed by atoms with van der Waals surface area (Å²) in [5, 5.41) is 12.3. The Kier molecular flexibility index (Phi) is 2.06. The Balaban J connectivity index is 2.72. The summed E-state index contributed by atoms with van der Waals surface area (Å²) in [5.74, 6) is 5.40. The Morgan fingerprint density at radius 3 is 3.00 bits per heavy atom. The molecule has 0 saturated carbocycles. The number of amides is 1. The quantitative estimate of drug-likeness (QED) is 0.280. The van der Waals surface area contributed by atoms with Crippen LogP contribution in [0.2, 0.25) is 0 Å². The average Bonchev–Trinajstić information content (AvgIpc) is 1.85. The summed E-state index contributed by atoms with van der Waals surface area (Å²) in [6.45, 7) is 0. The number of nitrogens with one attached hydrogen (secondary N) is 1. The van der Waals surface area contributed by atoms with Gasteiger partial charge in [-0.15, -0.1) is 0 Å². The zero-order valence-corrected chi connectivity index (χ0v) is 6.11. The molecule has 1 rings (SSSR count). The minimum Gasteiger partial charge on any atom is -0.355 e. The van der Waals surface area contributed by atoms with Crippen LogP contribution in [-0.2, 0) is 4.79 Å². The van der Waals surface area contributed by atoms with Crippen LogP contribution in [0.4, 0.5) is 0 Å². The van der Waals surface area contributed by atoms with Gasteiger partial charge in [-0.2, -0.15) is 0 Å². The van der Waals surface area contributed by atoms with E-state index in [0.717, 1.165) is 0 Å². The van der Waals surface area contributed by atoms with E-state index in [1.165, 1.54) is 5.01 Å². The van der Waals surface area contributed by atoms with Crippen molar-refractivity contribution >= 4 is 11.7 Å². The first-order valence-electron chi connectivity index (χ1n) is 3.12. The molecule has 0 bridgehead atoms. The van der Waals surface area contributed by atoms with Gasteiger partial charge in [0.2, 0.25) is 12.3 Å². The fraction of sp³-hybridized carbons (Fsp3) is 0.600. The van der Waals surface area contributed by atoms with Crippen molar-refractivity contribution in [3.63, 3.8) is 0 Å². The second-order valence-corrected chi connectivity index (χ2v) is 2.27. The number of rotatable bonds is 0. The van der Waals surface area contributed by atoms with Crippen LogP contribution in [0.3, 0.4) is 0 Å². The topological polar surface area (TPSA) is 90.9 Å². The molecular formula is C5H10N4O2. The number of carbonyl (C=O) groups excluding carboxylic acids is 1.